The summed E-state index contributed by atoms with van der Waals surface area (Å²) < 4.78 is 6.53. The van der Waals surface area contributed by atoms with Crippen molar-refractivity contribution in [3.63, 3.8) is 0 Å². The summed E-state index contributed by atoms with van der Waals surface area (Å²) in [7, 11) is 0. The molecular weight excluding hydrogens is 318 g/mol. The van der Waals surface area contributed by atoms with Gasteiger partial charge in [0.25, 0.3) is 0 Å². The molecule has 2 N–H and O–H groups in total. The van der Waals surface area contributed by atoms with E-state index in [-0.39, 0.29) is 11.5 Å². The number of hydrogen-bond acceptors (Lipinski definition) is 4. The second kappa shape index (κ2) is 5.30. The first-order chi connectivity index (χ1) is 9.58. The lowest BCUT2D eigenvalue weighted by atomic mass is 9.85. The maximum absolute atomic E-state index is 6.19. The van der Waals surface area contributed by atoms with Crippen LogP contribution in [0.4, 0.5) is 0 Å². The Hall–Kier alpha value is -1.20. The van der Waals surface area contributed by atoms with Gasteiger partial charge >= 0.3 is 0 Å². The van der Waals surface area contributed by atoms with E-state index in [2.05, 4.69) is 45.1 Å². The van der Waals surface area contributed by atoms with Crippen molar-refractivity contribution in [2.24, 2.45) is 5.73 Å². The molecule has 20 heavy (non-hydrogen) atoms. The Balaban J connectivity index is 1.80. The molecule has 5 heteroatoms. The quantitative estimate of drug-likeness (QED) is 0.935. The number of hydrogen-bond donors (Lipinski definition) is 1. The van der Waals surface area contributed by atoms with Gasteiger partial charge in [-0.2, -0.15) is 4.98 Å². The van der Waals surface area contributed by atoms with Crippen LogP contribution in [0.1, 0.15) is 43.5 Å². The first-order valence-corrected chi connectivity index (χ1v) is 7.70. The minimum atomic E-state index is -0.164. The average molecular weight is 336 g/mol. The Bertz CT molecular complexity index is 613. The normalized spacial score (nSPS) is 26.1. The molecule has 0 radical (unpaired) electrons. The Labute approximate surface area is 126 Å². The third kappa shape index (κ3) is 2.52. The molecule has 1 saturated carbocycles. The van der Waals surface area contributed by atoms with Gasteiger partial charge in [-0.3, -0.25) is 0 Å². The Morgan fingerprint density at radius 3 is 3.05 bits per heavy atom. The molecule has 2 atom stereocenters. The Morgan fingerprint density at radius 2 is 2.35 bits per heavy atom. The van der Waals surface area contributed by atoms with Crippen molar-refractivity contribution in [1.82, 2.24) is 10.1 Å². The standard InChI is InChI=1S/C15H18BrN3O/c1-15(7-3-6-12(15)17)14-18-13(19-20-14)9-10-4-2-5-11(16)8-10/h2,4-5,8,12H,3,6-7,9,17H2,1H3. The zero-order chi connectivity index (χ0) is 14.2. The van der Waals surface area contributed by atoms with Gasteiger partial charge in [0, 0.05) is 16.9 Å². The summed E-state index contributed by atoms with van der Waals surface area (Å²) in [5.74, 6) is 1.41. The lowest BCUT2D eigenvalue weighted by Gasteiger charge is -2.23. The van der Waals surface area contributed by atoms with Crippen molar-refractivity contribution >= 4 is 15.9 Å². The highest BCUT2D eigenvalue weighted by molar-refractivity contribution is 9.10. The first kappa shape index (κ1) is 13.8. The van der Waals surface area contributed by atoms with Crippen LogP contribution in [0.25, 0.3) is 0 Å². The first-order valence-electron chi connectivity index (χ1n) is 6.91. The molecule has 2 unspecified atom stereocenters. The minimum Gasteiger partial charge on any atom is -0.339 e. The molecule has 1 aromatic heterocycles. The summed E-state index contributed by atoms with van der Waals surface area (Å²) in [6.45, 7) is 2.13. The monoisotopic (exact) mass is 335 g/mol. The molecular formula is C15H18BrN3O. The van der Waals surface area contributed by atoms with Crippen molar-refractivity contribution in [2.45, 2.75) is 44.1 Å². The van der Waals surface area contributed by atoms with Gasteiger partial charge in [0.05, 0.1) is 5.41 Å². The lowest BCUT2D eigenvalue weighted by Crippen LogP contribution is -2.38. The predicted octanol–water partition coefficient (Wildman–Crippen LogP) is 3.19. The Morgan fingerprint density at radius 1 is 1.50 bits per heavy atom. The SMILES string of the molecule is CC1(c2nc(Cc3cccc(Br)c3)no2)CCCC1N. The number of benzene rings is 1. The van der Waals surface area contributed by atoms with Crippen molar-refractivity contribution in [3.05, 3.63) is 46.0 Å². The van der Waals surface area contributed by atoms with Gasteiger partial charge in [-0.1, -0.05) is 39.6 Å². The third-order valence-electron chi connectivity index (χ3n) is 4.24. The van der Waals surface area contributed by atoms with Crippen LogP contribution in [-0.2, 0) is 11.8 Å². The summed E-state index contributed by atoms with van der Waals surface area (Å²) >= 11 is 3.47. The number of rotatable bonds is 3. The van der Waals surface area contributed by atoms with Gasteiger partial charge in [-0.25, -0.2) is 0 Å². The van der Waals surface area contributed by atoms with E-state index in [4.69, 9.17) is 10.3 Å². The maximum atomic E-state index is 6.19. The van der Waals surface area contributed by atoms with Crippen molar-refractivity contribution in [1.29, 1.82) is 0 Å². The number of halogens is 1. The lowest BCUT2D eigenvalue weighted by molar-refractivity contribution is 0.276. The van der Waals surface area contributed by atoms with Crippen LogP contribution < -0.4 is 5.73 Å². The molecule has 4 nitrogen and oxygen atoms in total. The van der Waals surface area contributed by atoms with Crippen LogP contribution in [0.5, 0.6) is 0 Å². The van der Waals surface area contributed by atoms with E-state index in [0.717, 1.165) is 35.1 Å². The van der Waals surface area contributed by atoms with E-state index in [1.165, 1.54) is 0 Å². The van der Waals surface area contributed by atoms with Crippen LogP contribution >= 0.6 is 15.9 Å². The summed E-state index contributed by atoms with van der Waals surface area (Å²) in [4.78, 5) is 4.57. The molecule has 1 aromatic carbocycles. The van der Waals surface area contributed by atoms with Gasteiger partial charge in [0.1, 0.15) is 0 Å². The fourth-order valence-corrected chi connectivity index (χ4v) is 3.29. The van der Waals surface area contributed by atoms with E-state index in [1.54, 1.807) is 0 Å². The van der Waals surface area contributed by atoms with Gasteiger partial charge < -0.3 is 10.3 Å². The third-order valence-corrected chi connectivity index (χ3v) is 4.73. The highest BCUT2D eigenvalue weighted by Gasteiger charge is 2.42. The fraction of sp³-hybridized carbons (Fsp3) is 0.467. The van der Waals surface area contributed by atoms with Gasteiger partial charge in [-0.15, -0.1) is 0 Å². The molecule has 0 bridgehead atoms. The van der Waals surface area contributed by atoms with E-state index >= 15 is 0 Å². The Kier molecular flexibility index (Phi) is 3.65. The predicted molar refractivity (Wildman–Crippen MR) is 80.4 cm³/mol. The smallest absolute Gasteiger partial charge is 0.234 e. The molecule has 3 rings (SSSR count). The van der Waals surface area contributed by atoms with Gasteiger partial charge in [0.15, 0.2) is 5.82 Å². The highest BCUT2D eigenvalue weighted by atomic mass is 79.9. The topological polar surface area (TPSA) is 64.9 Å². The van der Waals surface area contributed by atoms with Crippen LogP contribution in [-0.4, -0.2) is 16.2 Å². The second-order valence-corrected chi connectivity index (χ2v) is 6.65. The van der Waals surface area contributed by atoms with Gasteiger partial charge in [-0.05, 0) is 37.5 Å². The number of aromatic nitrogens is 2. The molecule has 0 amide bonds. The summed E-state index contributed by atoms with van der Waals surface area (Å²) in [5, 5.41) is 4.11. The zero-order valence-corrected chi connectivity index (χ0v) is 13.1. The molecule has 0 spiro atoms. The molecule has 2 aromatic rings. The molecule has 1 aliphatic rings. The zero-order valence-electron chi connectivity index (χ0n) is 11.5. The molecule has 1 fully saturated rings. The number of nitrogens with two attached hydrogens (primary N) is 1. The minimum absolute atomic E-state index is 0.113. The summed E-state index contributed by atoms with van der Waals surface area (Å²) in [5.41, 5.74) is 7.19. The molecule has 106 valence electrons. The van der Waals surface area contributed by atoms with Gasteiger partial charge in [0.2, 0.25) is 5.89 Å². The molecule has 1 heterocycles. The van der Waals surface area contributed by atoms with Crippen LogP contribution in [0, 0.1) is 0 Å². The van der Waals surface area contributed by atoms with E-state index < -0.39 is 0 Å². The molecule has 0 saturated heterocycles. The van der Waals surface area contributed by atoms with E-state index in [9.17, 15) is 0 Å². The van der Waals surface area contributed by atoms with Crippen molar-refractivity contribution < 1.29 is 4.52 Å². The average Bonchev–Trinajstić information content (AvgIpc) is 2.99. The van der Waals surface area contributed by atoms with Crippen LogP contribution in [0.3, 0.4) is 0 Å². The second-order valence-electron chi connectivity index (χ2n) is 5.74. The maximum Gasteiger partial charge on any atom is 0.234 e. The summed E-state index contributed by atoms with van der Waals surface area (Å²) in [6.07, 6.45) is 3.85. The van der Waals surface area contributed by atoms with Crippen LogP contribution in [0.2, 0.25) is 0 Å². The molecule has 1 aliphatic carbocycles. The van der Waals surface area contributed by atoms with E-state index in [0.29, 0.717) is 12.3 Å². The van der Waals surface area contributed by atoms with E-state index in [1.807, 2.05) is 12.1 Å². The number of nitrogens with zero attached hydrogens (tertiary/aromatic N) is 2. The summed E-state index contributed by atoms with van der Waals surface area (Å²) in [6, 6.07) is 8.25. The largest absolute Gasteiger partial charge is 0.339 e. The van der Waals surface area contributed by atoms with Crippen LogP contribution in [0.15, 0.2) is 33.3 Å². The van der Waals surface area contributed by atoms with Crippen molar-refractivity contribution in [3.8, 4) is 0 Å². The fourth-order valence-electron chi connectivity index (χ4n) is 2.85. The highest BCUT2D eigenvalue weighted by Crippen LogP contribution is 2.38. The van der Waals surface area contributed by atoms with Crippen molar-refractivity contribution in [2.75, 3.05) is 0 Å². The molecule has 0 aliphatic heterocycles.